The Balaban J connectivity index is 2.58. The van der Waals surface area contributed by atoms with Crippen LogP contribution in [0.3, 0.4) is 0 Å². The molecule has 1 atom stereocenters. The van der Waals surface area contributed by atoms with Gasteiger partial charge in [-0.1, -0.05) is 22.9 Å². The molecule has 68 valence electrons. The summed E-state index contributed by atoms with van der Waals surface area (Å²) in [6.07, 6.45) is 0. The van der Waals surface area contributed by atoms with Crippen molar-refractivity contribution < 1.29 is 0 Å². The highest BCUT2D eigenvalue weighted by Gasteiger charge is 2.07. The third kappa shape index (κ3) is 2.71. The van der Waals surface area contributed by atoms with E-state index in [2.05, 4.69) is 37.1 Å². The van der Waals surface area contributed by atoms with E-state index in [9.17, 15) is 0 Å². The normalized spacial score (nSPS) is 13.0. The molecule has 0 amide bonds. The number of anilines is 1. The number of aromatic nitrogens is 2. The standard InChI is InChI=1S/C7H12BrN3S/c1-5(8)4-11(3)7-9-6(2)10-12-7/h5H,4H2,1-3H3. The van der Waals surface area contributed by atoms with Crippen molar-refractivity contribution in [3.05, 3.63) is 5.82 Å². The minimum atomic E-state index is 0.478. The lowest BCUT2D eigenvalue weighted by Gasteiger charge is -2.15. The van der Waals surface area contributed by atoms with Crippen molar-refractivity contribution in [2.75, 3.05) is 18.5 Å². The minimum absolute atomic E-state index is 0.478. The summed E-state index contributed by atoms with van der Waals surface area (Å²) in [4.78, 5) is 6.86. The molecule has 1 aromatic rings. The van der Waals surface area contributed by atoms with Crippen LogP contribution in [0.15, 0.2) is 0 Å². The van der Waals surface area contributed by atoms with E-state index >= 15 is 0 Å². The van der Waals surface area contributed by atoms with Crippen LogP contribution in [0.4, 0.5) is 5.13 Å². The van der Waals surface area contributed by atoms with E-state index in [1.54, 1.807) is 0 Å². The number of hydrogen-bond acceptors (Lipinski definition) is 4. The summed E-state index contributed by atoms with van der Waals surface area (Å²) in [6.45, 7) is 4.98. The van der Waals surface area contributed by atoms with Gasteiger partial charge in [-0.15, -0.1) is 0 Å². The maximum Gasteiger partial charge on any atom is 0.204 e. The molecule has 0 radical (unpaired) electrons. The number of aryl methyl sites for hydroxylation is 1. The van der Waals surface area contributed by atoms with Gasteiger partial charge in [0.2, 0.25) is 5.13 Å². The van der Waals surface area contributed by atoms with Gasteiger partial charge in [-0.25, -0.2) is 4.98 Å². The number of rotatable bonds is 3. The lowest BCUT2D eigenvalue weighted by atomic mass is 10.4. The highest BCUT2D eigenvalue weighted by molar-refractivity contribution is 9.09. The van der Waals surface area contributed by atoms with E-state index in [1.165, 1.54) is 11.5 Å². The van der Waals surface area contributed by atoms with Crippen LogP contribution in [-0.4, -0.2) is 27.8 Å². The molecule has 5 heteroatoms. The highest BCUT2D eigenvalue weighted by Crippen LogP contribution is 2.16. The fraction of sp³-hybridized carbons (Fsp3) is 0.714. The van der Waals surface area contributed by atoms with Crippen molar-refractivity contribution in [2.45, 2.75) is 18.7 Å². The average molecular weight is 250 g/mol. The summed E-state index contributed by atoms with van der Waals surface area (Å²) in [6, 6.07) is 0. The third-order valence-electron chi connectivity index (χ3n) is 1.37. The van der Waals surface area contributed by atoms with Gasteiger partial charge < -0.3 is 4.90 Å². The van der Waals surface area contributed by atoms with Crippen LogP contribution < -0.4 is 4.90 Å². The Morgan fingerprint density at radius 1 is 1.67 bits per heavy atom. The van der Waals surface area contributed by atoms with Gasteiger partial charge in [0.1, 0.15) is 5.82 Å². The van der Waals surface area contributed by atoms with Gasteiger partial charge in [-0.05, 0) is 6.92 Å². The predicted octanol–water partition coefficient (Wildman–Crippen LogP) is 2.07. The van der Waals surface area contributed by atoms with Crippen molar-refractivity contribution in [1.29, 1.82) is 0 Å². The molecule has 0 N–H and O–H groups in total. The van der Waals surface area contributed by atoms with E-state index in [0.29, 0.717) is 4.83 Å². The first kappa shape index (κ1) is 9.92. The molecule has 0 aliphatic rings. The summed E-state index contributed by atoms with van der Waals surface area (Å²) in [5.41, 5.74) is 0. The molecular weight excluding hydrogens is 238 g/mol. The van der Waals surface area contributed by atoms with Crippen molar-refractivity contribution in [3.8, 4) is 0 Å². The van der Waals surface area contributed by atoms with Gasteiger partial charge in [-0.2, -0.15) is 4.37 Å². The topological polar surface area (TPSA) is 29.0 Å². The summed E-state index contributed by atoms with van der Waals surface area (Å²) in [5, 5.41) is 0.985. The van der Waals surface area contributed by atoms with Gasteiger partial charge in [0.15, 0.2) is 0 Å². The second-order valence-electron chi connectivity index (χ2n) is 2.79. The van der Waals surface area contributed by atoms with Crippen LogP contribution in [0.5, 0.6) is 0 Å². The van der Waals surface area contributed by atoms with Gasteiger partial charge in [0.25, 0.3) is 0 Å². The van der Waals surface area contributed by atoms with E-state index in [0.717, 1.165) is 17.5 Å². The van der Waals surface area contributed by atoms with Crippen LogP contribution >= 0.6 is 27.5 Å². The minimum Gasteiger partial charge on any atom is -0.349 e. The lowest BCUT2D eigenvalue weighted by molar-refractivity contribution is 0.869. The van der Waals surface area contributed by atoms with Gasteiger partial charge in [0.05, 0.1) is 0 Å². The van der Waals surface area contributed by atoms with Crippen molar-refractivity contribution in [1.82, 2.24) is 9.36 Å². The largest absolute Gasteiger partial charge is 0.349 e. The molecular formula is C7H12BrN3S. The molecule has 1 heterocycles. The first-order valence-electron chi connectivity index (χ1n) is 3.75. The number of hydrogen-bond donors (Lipinski definition) is 0. The molecule has 12 heavy (non-hydrogen) atoms. The smallest absolute Gasteiger partial charge is 0.204 e. The molecule has 1 aromatic heterocycles. The third-order valence-corrected chi connectivity index (χ3v) is 2.58. The van der Waals surface area contributed by atoms with E-state index in [1.807, 2.05) is 14.0 Å². The van der Waals surface area contributed by atoms with Crippen LogP contribution in [0.25, 0.3) is 0 Å². The molecule has 1 unspecified atom stereocenters. The Kier molecular flexibility index (Phi) is 3.46. The lowest BCUT2D eigenvalue weighted by Crippen LogP contribution is -2.23. The van der Waals surface area contributed by atoms with E-state index in [4.69, 9.17) is 0 Å². The quantitative estimate of drug-likeness (QED) is 0.769. The fourth-order valence-corrected chi connectivity index (χ4v) is 1.97. The Bertz CT molecular complexity index is 249. The second kappa shape index (κ2) is 4.18. The van der Waals surface area contributed by atoms with Crippen LogP contribution in [-0.2, 0) is 0 Å². The van der Waals surface area contributed by atoms with Gasteiger partial charge >= 0.3 is 0 Å². The second-order valence-corrected chi connectivity index (χ2v) is 5.08. The molecule has 0 saturated carbocycles. The zero-order valence-corrected chi connectivity index (χ0v) is 9.81. The number of halogens is 1. The van der Waals surface area contributed by atoms with Gasteiger partial charge in [0, 0.05) is 30.0 Å². The molecule has 0 aliphatic carbocycles. The van der Waals surface area contributed by atoms with Crippen molar-refractivity contribution in [2.24, 2.45) is 0 Å². The van der Waals surface area contributed by atoms with Crippen molar-refractivity contribution >= 4 is 32.6 Å². The van der Waals surface area contributed by atoms with E-state index < -0.39 is 0 Å². The van der Waals surface area contributed by atoms with Crippen molar-refractivity contribution in [3.63, 3.8) is 0 Å². The van der Waals surface area contributed by atoms with E-state index in [-0.39, 0.29) is 0 Å². The summed E-state index contributed by atoms with van der Waals surface area (Å²) < 4.78 is 4.12. The summed E-state index contributed by atoms with van der Waals surface area (Å²) >= 11 is 4.94. The van der Waals surface area contributed by atoms with Crippen LogP contribution in [0.2, 0.25) is 0 Å². The Morgan fingerprint density at radius 2 is 2.33 bits per heavy atom. The maximum absolute atomic E-state index is 4.28. The fourth-order valence-electron chi connectivity index (χ4n) is 0.897. The molecule has 0 bridgehead atoms. The zero-order valence-electron chi connectivity index (χ0n) is 7.41. The molecule has 0 aromatic carbocycles. The average Bonchev–Trinajstić information content (AvgIpc) is 2.34. The number of alkyl halides is 1. The Labute approximate surface area is 85.1 Å². The molecule has 0 saturated heterocycles. The number of nitrogens with zero attached hydrogens (tertiary/aromatic N) is 3. The highest BCUT2D eigenvalue weighted by atomic mass is 79.9. The summed E-state index contributed by atoms with van der Waals surface area (Å²) in [5.74, 6) is 0.851. The molecule has 3 nitrogen and oxygen atoms in total. The van der Waals surface area contributed by atoms with Crippen LogP contribution in [0.1, 0.15) is 12.7 Å². The Hall–Kier alpha value is -0.160. The molecule has 0 aliphatic heterocycles. The SMILES string of the molecule is Cc1nsc(N(C)CC(C)Br)n1. The zero-order chi connectivity index (χ0) is 9.14. The van der Waals surface area contributed by atoms with Crippen LogP contribution in [0, 0.1) is 6.92 Å². The molecule has 0 spiro atoms. The maximum atomic E-state index is 4.28. The van der Waals surface area contributed by atoms with Gasteiger partial charge in [-0.3, -0.25) is 0 Å². The first-order valence-corrected chi connectivity index (χ1v) is 5.44. The molecule has 1 rings (SSSR count). The molecule has 0 fully saturated rings. The summed E-state index contributed by atoms with van der Waals surface area (Å²) in [7, 11) is 2.03. The monoisotopic (exact) mass is 249 g/mol. The Morgan fingerprint density at radius 3 is 2.75 bits per heavy atom. The first-order chi connectivity index (χ1) is 5.59. The predicted molar refractivity (Wildman–Crippen MR) is 56.3 cm³/mol.